The van der Waals surface area contributed by atoms with Crippen LogP contribution >= 0.6 is 15.9 Å². The molecule has 0 unspecified atom stereocenters. The zero-order chi connectivity index (χ0) is 14.2. The molecule has 0 bridgehead atoms. The van der Waals surface area contributed by atoms with Gasteiger partial charge in [-0.05, 0) is 28.1 Å². The van der Waals surface area contributed by atoms with Crippen LogP contribution in [0.5, 0.6) is 0 Å². The van der Waals surface area contributed by atoms with E-state index in [1.807, 2.05) is 6.07 Å². The molecule has 2 heterocycles. The molecule has 0 aliphatic heterocycles. The topological polar surface area (TPSA) is 60.1 Å². The summed E-state index contributed by atoms with van der Waals surface area (Å²) >= 11 is 3.17. The molecule has 0 atom stereocenters. The summed E-state index contributed by atoms with van der Waals surface area (Å²) in [6.07, 6.45) is 0. The quantitative estimate of drug-likeness (QED) is 0.921. The summed E-state index contributed by atoms with van der Waals surface area (Å²) in [6, 6.07) is 5.16. The Morgan fingerprint density at radius 1 is 1.42 bits per heavy atom. The normalized spacial score (nSPS) is 11.6. The summed E-state index contributed by atoms with van der Waals surface area (Å²) in [7, 11) is 1.79. The van der Waals surface area contributed by atoms with E-state index in [0.29, 0.717) is 10.5 Å². The number of nitrogens with one attached hydrogen (secondary N) is 1. The highest BCUT2D eigenvalue weighted by atomic mass is 79.9. The summed E-state index contributed by atoms with van der Waals surface area (Å²) in [6.45, 7) is 6.22. The number of aryl methyl sites for hydroxylation is 1. The number of furan rings is 1. The molecule has 2 aromatic heterocycles. The number of rotatable bonds is 2. The van der Waals surface area contributed by atoms with E-state index in [0.717, 1.165) is 5.69 Å². The van der Waals surface area contributed by atoms with Crippen LogP contribution in [0.4, 0.5) is 5.82 Å². The number of aromatic nitrogens is 2. The van der Waals surface area contributed by atoms with E-state index >= 15 is 0 Å². The van der Waals surface area contributed by atoms with Gasteiger partial charge in [-0.2, -0.15) is 5.10 Å². The van der Waals surface area contributed by atoms with Gasteiger partial charge in [-0.3, -0.25) is 9.48 Å². The highest BCUT2D eigenvalue weighted by molar-refractivity contribution is 9.10. The van der Waals surface area contributed by atoms with Crippen molar-refractivity contribution in [2.24, 2.45) is 7.05 Å². The Kier molecular flexibility index (Phi) is 3.54. The van der Waals surface area contributed by atoms with E-state index in [4.69, 9.17) is 4.42 Å². The fourth-order valence-electron chi connectivity index (χ4n) is 1.56. The first-order valence-electron chi connectivity index (χ1n) is 5.88. The highest BCUT2D eigenvalue weighted by Gasteiger charge is 2.20. The first kappa shape index (κ1) is 13.9. The second kappa shape index (κ2) is 4.85. The Morgan fingerprint density at radius 2 is 2.11 bits per heavy atom. The molecule has 1 amide bonds. The van der Waals surface area contributed by atoms with E-state index in [-0.39, 0.29) is 17.1 Å². The van der Waals surface area contributed by atoms with Crippen LogP contribution in [0.25, 0.3) is 0 Å². The lowest BCUT2D eigenvalue weighted by molar-refractivity contribution is 0.0994. The van der Waals surface area contributed by atoms with E-state index in [2.05, 4.69) is 47.1 Å². The number of carbonyl (C=O) groups is 1. The maximum atomic E-state index is 12.0. The number of halogens is 1. The Morgan fingerprint density at radius 3 is 2.58 bits per heavy atom. The molecule has 0 aliphatic rings. The maximum absolute atomic E-state index is 12.0. The molecule has 5 nitrogen and oxygen atoms in total. The third-order valence-corrected chi connectivity index (χ3v) is 3.11. The van der Waals surface area contributed by atoms with Gasteiger partial charge in [-0.15, -0.1) is 0 Å². The summed E-state index contributed by atoms with van der Waals surface area (Å²) in [5, 5.41) is 7.18. The van der Waals surface area contributed by atoms with Crippen molar-refractivity contribution in [3.05, 3.63) is 34.3 Å². The molecule has 0 aromatic carbocycles. The van der Waals surface area contributed by atoms with Gasteiger partial charge in [0.05, 0.1) is 5.69 Å². The van der Waals surface area contributed by atoms with Crippen LogP contribution in [-0.2, 0) is 12.5 Å². The van der Waals surface area contributed by atoms with Crippen LogP contribution in [0.2, 0.25) is 0 Å². The molecule has 0 fully saturated rings. The van der Waals surface area contributed by atoms with Crippen LogP contribution < -0.4 is 5.32 Å². The Hall–Kier alpha value is -1.56. The summed E-state index contributed by atoms with van der Waals surface area (Å²) in [5.41, 5.74) is 0.861. The molecule has 102 valence electrons. The van der Waals surface area contributed by atoms with E-state index in [1.54, 1.807) is 23.9 Å². The fraction of sp³-hybridized carbons (Fsp3) is 0.385. The van der Waals surface area contributed by atoms with E-state index < -0.39 is 0 Å². The average molecular weight is 326 g/mol. The molecule has 2 rings (SSSR count). The van der Waals surface area contributed by atoms with Crippen LogP contribution in [0, 0.1) is 0 Å². The highest BCUT2D eigenvalue weighted by Crippen LogP contribution is 2.24. The lowest BCUT2D eigenvalue weighted by atomic mass is 9.92. The molecule has 0 spiro atoms. The van der Waals surface area contributed by atoms with Crippen molar-refractivity contribution in [3.63, 3.8) is 0 Å². The molecule has 2 aromatic rings. The number of amides is 1. The van der Waals surface area contributed by atoms with Gasteiger partial charge in [0, 0.05) is 18.5 Å². The van der Waals surface area contributed by atoms with Crippen LogP contribution in [-0.4, -0.2) is 15.7 Å². The van der Waals surface area contributed by atoms with Crippen molar-refractivity contribution >= 4 is 27.7 Å². The summed E-state index contributed by atoms with van der Waals surface area (Å²) in [5.74, 6) is 0.599. The third kappa shape index (κ3) is 3.07. The molecule has 0 saturated heterocycles. The molecule has 6 heteroatoms. The van der Waals surface area contributed by atoms with Gasteiger partial charge in [0.15, 0.2) is 10.4 Å². The number of carbonyl (C=O) groups excluding carboxylic acids is 1. The summed E-state index contributed by atoms with van der Waals surface area (Å²) in [4.78, 5) is 12.0. The standard InChI is InChI=1S/C13H16BrN3O2/c1-13(2,3)9-7-11(17(4)16-9)15-12(18)8-5-6-10(14)19-8/h5-7H,1-4H3,(H,15,18). The molecule has 0 saturated carbocycles. The minimum absolute atomic E-state index is 0.0611. The smallest absolute Gasteiger partial charge is 0.292 e. The van der Waals surface area contributed by atoms with Crippen molar-refractivity contribution in [2.45, 2.75) is 26.2 Å². The Balaban J connectivity index is 2.20. The molecular weight excluding hydrogens is 310 g/mol. The van der Waals surface area contributed by atoms with Crippen molar-refractivity contribution in [1.82, 2.24) is 9.78 Å². The first-order valence-corrected chi connectivity index (χ1v) is 6.68. The lowest BCUT2D eigenvalue weighted by Crippen LogP contribution is -2.13. The first-order chi connectivity index (χ1) is 8.77. The van der Waals surface area contributed by atoms with Gasteiger partial charge in [0.2, 0.25) is 0 Å². The number of anilines is 1. The van der Waals surface area contributed by atoms with Gasteiger partial charge in [-0.1, -0.05) is 20.8 Å². The molecular formula is C13H16BrN3O2. The molecule has 19 heavy (non-hydrogen) atoms. The van der Waals surface area contributed by atoms with Gasteiger partial charge in [0.25, 0.3) is 5.91 Å². The average Bonchev–Trinajstić information content (AvgIpc) is 2.85. The van der Waals surface area contributed by atoms with Gasteiger partial charge >= 0.3 is 0 Å². The van der Waals surface area contributed by atoms with E-state index in [9.17, 15) is 4.79 Å². The van der Waals surface area contributed by atoms with Crippen molar-refractivity contribution in [2.75, 3.05) is 5.32 Å². The monoisotopic (exact) mass is 325 g/mol. The second-order valence-corrected chi connectivity index (χ2v) is 6.13. The number of hydrogen-bond donors (Lipinski definition) is 1. The fourth-order valence-corrected chi connectivity index (χ4v) is 1.87. The molecule has 1 N–H and O–H groups in total. The second-order valence-electron chi connectivity index (χ2n) is 5.35. The van der Waals surface area contributed by atoms with Crippen molar-refractivity contribution in [1.29, 1.82) is 0 Å². The van der Waals surface area contributed by atoms with Gasteiger partial charge < -0.3 is 9.73 Å². The third-order valence-electron chi connectivity index (χ3n) is 2.69. The predicted octanol–water partition coefficient (Wildman–Crippen LogP) is 3.33. The SMILES string of the molecule is Cn1nc(C(C)(C)C)cc1NC(=O)c1ccc(Br)o1. The lowest BCUT2D eigenvalue weighted by Gasteiger charge is -2.13. The minimum Gasteiger partial charge on any atom is -0.444 e. The number of nitrogens with zero attached hydrogens (tertiary/aromatic N) is 2. The Bertz CT molecular complexity index is 608. The molecule has 0 aliphatic carbocycles. The minimum atomic E-state index is -0.297. The van der Waals surface area contributed by atoms with Crippen LogP contribution in [0.3, 0.4) is 0 Å². The van der Waals surface area contributed by atoms with Gasteiger partial charge in [0.1, 0.15) is 5.82 Å². The summed E-state index contributed by atoms with van der Waals surface area (Å²) < 4.78 is 7.38. The Labute approximate surface area is 120 Å². The predicted molar refractivity (Wildman–Crippen MR) is 76.3 cm³/mol. The maximum Gasteiger partial charge on any atom is 0.292 e. The molecule has 0 radical (unpaired) electrons. The van der Waals surface area contributed by atoms with Gasteiger partial charge in [-0.25, -0.2) is 0 Å². The zero-order valence-corrected chi connectivity index (χ0v) is 12.9. The van der Waals surface area contributed by atoms with Crippen molar-refractivity contribution in [3.8, 4) is 0 Å². The largest absolute Gasteiger partial charge is 0.444 e. The van der Waals surface area contributed by atoms with E-state index in [1.165, 1.54) is 0 Å². The van der Waals surface area contributed by atoms with Crippen LogP contribution in [0.15, 0.2) is 27.3 Å². The zero-order valence-electron chi connectivity index (χ0n) is 11.3. The van der Waals surface area contributed by atoms with Crippen molar-refractivity contribution < 1.29 is 9.21 Å². The number of hydrogen-bond acceptors (Lipinski definition) is 3. The van der Waals surface area contributed by atoms with Crippen LogP contribution in [0.1, 0.15) is 37.0 Å².